The number of hydrogen-bond donors (Lipinski definition) is 2. The first-order valence-corrected chi connectivity index (χ1v) is 5.69. The number of non-ortho nitro benzene ring substituents is 1. The van der Waals surface area contributed by atoms with Gasteiger partial charge < -0.3 is 10.4 Å². The van der Waals surface area contributed by atoms with E-state index in [0.29, 0.717) is 11.1 Å². The highest BCUT2D eigenvalue weighted by Crippen LogP contribution is 2.30. The molecule has 2 rings (SSSR count). The van der Waals surface area contributed by atoms with E-state index in [0.717, 1.165) is 0 Å². The minimum absolute atomic E-state index is 0.120. The van der Waals surface area contributed by atoms with Crippen molar-refractivity contribution in [1.82, 2.24) is 4.98 Å². The molecule has 2 N–H and O–H groups in total. The maximum atomic E-state index is 13.0. The molecule has 0 aliphatic heterocycles. The van der Waals surface area contributed by atoms with Crippen LogP contribution in [-0.2, 0) is 0 Å². The molecule has 0 spiro atoms. The third-order valence-corrected chi connectivity index (χ3v) is 2.71. The van der Waals surface area contributed by atoms with Gasteiger partial charge >= 0.3 is 0 Å². The van der Waals surface area contributed by atoms with Crippen LogP contribution in [0.1, 0.15) is 0 Å². The second kappa shape index (κ2) is 5.33. The molecule has 0 aliphatic carbocycles. The van der Waals surface area contributed by atoms with Crippen LogP contribution < -0.4 is 5.32 Å². The lowest BCUT2D eigenvalue weighted by molar-refractivity contribution is -0.383. The number of aromatic nitrogens is 1. The fourth-order valence-electron chi connectivity index (χ4n) is 1.74. The number of aliphatic hydroxyl groups is 1. The molecule has 8 heteroatoms. The minimum atomic E-state index is -3.27. The molecule has 0 unspecified atom stereocenters. The molecule has 0 radical (unpaired) electrons. The smallest absolute Gasteiger partial charge is 0.295 e. The summed E-state index contributed by atoms with van der Waals surface area (Å²) < 4.78 is 26.0. The number of hydrogen-bond acceptors (Lipinski definition) is 5. The molecule has 1 heterocycles. The van der Waals surface area contributed by atoms with Crippen LogP contribution in [0.2, 0.25) is 0 Å². The first kappa shape index (κ1) is 14.1. The SMILES string of the molecule is O=[N+]([O-])c1ccc(NCC(F)(F)CO)c2cccnc12. The van der Waals surface area contributed by atoms with Crippen LogP contribution in [-0.4, -0.2) is 34.1 Å². The Morgan fingerprint density at radius 3 is 2.80 bits per heavy atom. The summed E-state index contributed by atoms with van der Waals surface area (Å²) >= 11 is 0. The topological polar surface area (TPSA) is 88.3 Å². The molecule has 0 bridgehead atoms. The zero-order valence-electron chi connectivity index (χ0n) is 10.2. The molecular weight excluding hydrogens is 272 g/mol. The van der Waals surface area contributed by atoms with Gasteiger partial charge in [0.05, 0.1) is 11.5 Å². The molecule has 20 heavy (non-hydrogen) atoms. The average molecular weight is 283 g/mol. The molecule has 106 valence electrons. The second-order valence-electron chi connectivity index (χ2n) is 4.16. The van der Waals surface area contributed by atoms with Crippen molar-refractivity contribution in [3.05, 3.63) is 40.6 Å². The second-order valence-corrected chi connectivity index (χ2v) is 4.16. The maximum Gasteiger partial charge on any atom is 0.295 e. The van der Waals surface area contributed by atoms with E-state index in [-0.39, 0.29) is 11.2 Å². The lowest BCUT2D eigenvalue weighted by atomic mass is 10.1. The molecule has 0 atom stereocenters. The lowest BCUT2D eigenvalue weighted by Gasteiger charge is -2.16. The van der Waals surface area contributed by atoms with Crippen LogP contribution in [0.3, 0.4) is 0 Å². The summed E-state index contributed by atoms with van der Waals surface area (Å²) in [6, 6.07) is 5.65. The van der Waals surface area contributed by atoms with Crippen molar-refractivity contribution in [1.29, 1.82) is 0 Å². The molecule has 1 aromatic carbocycles. The van der Waals surface area contributed by atoms with E-state index in [1.165, 1.54) is 18.3 Å². The number of nitrogens with zero attached hydrogens (tertiary/aromatic N) is 2. The number of nitro benzene ring substituents is 1. The number of rotatable bonds is 5. The highest BCUT2D eigenvalue weighted by molar-refractivity contribution is 5.96. The molecule has 0 saturated carbocycles. The number of nitro groups is 1. The first-order chi connectivity index (χ1) is 9.44. The Morgan fingerprint density at radius 1 is 1.40 bits per heavy atom. The van der Waals surface area contributed by atoms with Crippen LogP contribution in [0.5, 0.6) is 0 Å². The van der Waals surface area contributed by atoms with Crippen LogP contribution in [0.4, 0.5) is 20.2 Å². The van der Waals surface area contributed by atoms with Gasteiger partial charge in [-0.25, -0.2) is 13.8 Å². The number of nitrogens with one attached hydrogen (secondary N) is 1. The van der Waals surface area contributed by atoms with Crippen LogP contribution in [0, 0.1) is 10.1 Å². The highest BCUT2D eigenvalue weighted by Gasteiger charge is 2.27. The van der Waals surface area contributed by atoms with Crippen LogP contribution >= 0.6 is 0 Å². The third-order valence-electron chi connectivity index (χ3n) is 2.71. The molecule has 0 aliphatic rings. The Balaban J connectivity index is 2.41. The van der Waals surface area contributed by atoms with Gasteiger partial charge in [0, 0.05) is 23.3 Å². The van der Waals surface area contributed by atoms with Gasteiger partial charge in [-0.3, -0.25) is 10.1 Å². The van der Waals surface area contributed by atoms with Crippen molar-refractivity contribution in [3.63, 3.8) is 0 Å². The number of anilines is 1. The Kier molecular flexibility index (Phi) is 3.75. The van der Waals surface area contributed by atoms with E-state index >= 15 is 0 Å². The van der Waals surface area contributed by atoms with Gasteiger partial charge in [-0.1, -0.05) is 0 Å². The monoisotopic (exact) mass is 283 g/mol. The van der Waals surface area contributed by atoms with Crippen molar-refractivity contribution < 1.29 is 18.8 Å². The first-order valence-electron chi connectivity index (χ1n) is 5.69. The number of pyridine rings is 1. The van der Waals surface area contributed by atoms with E-state index in [4.69, 9.17) is 5.11 Å². The molecule has 2 aromatic rings. The van der Waals surface area contributed by atoms with Gasteiger partial charge in [0.25, 0.3) is 11.6 Å². The molecule has 0 amide bonds. The Labute approximate surface area is 112 Å². The van der Waals surface area contributed by atoms with E-state index in [9.17, 15) is 18.9 Å². The molecule has 0 saturated heterocycles. The summed E-state index contributed by atoms with van der Waals surface area (Å²) in [6.07, 6.45) is 1.39. The van der Waals surface area contributed by atoms with Crippen molar-refractivity contribution in [2.45, 2.75) is 5.92 Å². The Hall–Kier alpha value is -2.35. The third kappa shape index (κ3) is 2.80. The van der Waals surface area contributed by atoms with E-state index < -0.39 is 24.0 Å². The van der Waals surface area contributed by atoms with Gasteiger partial charge in [-0.05, 0) is 18.2 Å². The zero-order valence-corrected chi connectivity index (χ0v) is 10.2. The number of alkyl halides is 2. The predicted octanol–water partition coefficient (Wildman–Crippen LogP) is 2.18. The van der Waals surface area contributed by atoms with Gasteiger partial charge in [0.2, 0.25) is 0 Å². The molecule has 6 nitrogen and oxygen atoms in total. The molecule has 1 aromatic heterocycles. The fourth-order valence-corrected chi connectivity index (χ4v) is 1.74. The zero-order chi connectivity index (χ0) is 14.8. The number of fused-ring (bicyclic) bond motifs is 1. The van der Waals surface area contributed by atoms with Crippen molar-refractivity contribution in [2.75, 3.05) is 18.5 Å². The lowest BCUT2D eigenvalue weighted by Crippen LogP contribution is -2.31. The van der Waals surface area contributed by atoms with Crippen LogP contribution in [0.15, 0.2) is 30.5 Å². The minimum Gasteiger partial charge on any atom is -0.390 e. The average Bonchev–Trinajstić information content (AvgIpc) is 2.44. The van der Waals surface area contributed by atoms with E-state index in [1.54, 1.807) is 12.1 Å². The van der Waals surface area contributed by atoms with Crippen LogP contribution in [0.25, 0.3) is 10.9 Å². The summed E-state index contributed by atoms with van der Waals surface area (Å²) in [7, 11) is 0. The summed E-state index contributed by atoms with van der Waals surface area (Å²) in [5.74, 6) is -3.27. The molecule has 0 fully saturated rings. The fraction of sp³-hybridized carbons (Fsp3) is 0.250. The maximum absolute atomic E-state index is 13.0. The van der Waals surface area contributed by atoms with Gasteiger partial charge in [0.15, 0.2) is 0 Å². The summed E-state index contributed by atoms with van der Waals surface area (Å²) in [6.45, 7) is -2.05. The van der Waals surface area contributed by atoms with Gasteiger partial charge in [-0.15, -0.1) is 0 Å². The molecular formula is C12H11F2N3O3. The Bertz CT molecular complexity index is 649. The highest BCUT2D eigenvalue weighted by atomic mass is 19.3. The summed E-state index contributed by atoms with van der Waals surface area (Å²) in [4.78, 5) is 14.2. The summed E-state index contributed by atoms with van der Waals surface area (Å²) in [5.41, 5.74) is 0.224. The number of halogens is 2. The van der Waals surface area contributed by atoms with Gasteiger partial charge in [0.1, 0.15) is 12.1 Å². The standard InChI is InChI=1S/C12H11F2N3O3/c13-12(14,7-18)6-16-9-3-4-10(17(19)20)11-8(9)2-1-5-15-11/h1-5,16,18H,6-7H2. The largest absolute Gasteiger partial charge is 0.390 e. The van der Waals surface area contributed by atoms with Crippen molar-refractivity contribution in [2.24, 2.45) is 0 Å². The number of benzene rings is 1. The summed E-state index contributed by atoms with van der Waals surface area (Å²) in [5, 5.41) is 22.2. The normalized spacial score (nSPS) is 11.6. The van der Waals surface area contributed by atoms with E-state index in [1.807, 2.05) is 0 Å². The van der Waals surface area contributed by atoms with E-state index in [2.05, 4.69) is 10.3 Å². The van der Waals surface area contributed by atoms with Crippen molar-refractivity contribution >= 4 is 22.3 Å². The Morgan fingerprint density at radius 2 is 2.15 bits per heavy atom. The number of aliphatic hydroxyl groups excluding tert-OH is 1. The van der Waals surface area contributed by atoms with Gasteiger partial charge in [-0.2, -0.15) is 0 Å². The quantitative estimate of drug-likeness (QED) is 0.648. The van der Waals surface area contributed by atoms with Crippen molar-refractivity contribution in [3.8, 4) is 0 Å². The predicted molar refractivity (Wildman–Crippen MR) is 68.9 cm³/mol.